The molecule has 3 rings (SSSR count). The Morgan fingerprint density at radius 1 is 1.09 bits per heavy atom. The summed E-state index contributed by atoms with van der Waals surface area (Å²) in [6.45, 7) is 3.95. The minimum atomic E-state index is -1.39. The van der Waals surface area contributed by atoms with Crippen LogP contribution in [0.5, 0.6) is 0 Å². The third-order valence-electron chi connectivity index (χ3n) is 3.83. The van der Waals surface area contributed by atoms with Crippen LogP contribution in [0.1, 0.15) is 29.7 Å². The summed E-state index contributed by atoms with van der Waals surface area (Å²) in [5, 5.41) is 2.94. The molecule has 112 valence electrons. The van der Waals surface area contributed by atoms with E-state index >= 15 is 0 Å². The zero-order valence-electron chi connectivity index (χ0n) is 12.5. The maximum Gasteiger partial charge on any atom is 0.261 e. The molecular formula is C18H17NO2S. The zero-order valence-corrected chi connectivity index (χ0v) is 13.3. The van der Waals surface area contributed by atoms with Gasteiger partial charge in [-0.15, -0.1) is 0 Å². The topological polar surface area (TPSA) is 46.2 Å². The molecule has 2 aromatic carbocycles. The fourth-order valence-corrected chi connectivity index (χ4v) is 3.89. The van der Waals surface area contributed by atoms with Gasteiger partial charge in [0.05, 0.1) is 21.7 Å². The number of hydrogen-bond donors (Lipinski definition) is 1. The van der Waals surface area contributed by atoms with Crippen LogP contribution in [0.2, 0.25) is 0 Å². The molecule has 2 atom stereocenters. The van der Waals surface area contributed by atoms with E-state index in [-0.39, 0.29) is 11.9 Å². The van der Waals surface area contributed by atoms with E-state index in [0.717, 1.165) is 16.7 Å². The van der Waals surface area contributed by atoms with Crippen molar-refractivity contribution in [3.05, 3.63) is 70.1 Å². The maximum absolute atomic E-state index is 12.4. The van der Waals surface area contributed by atoms with Gasteiger partial charge in [0.25, 0.3) is 5.91 Å². The molecule has 22 heavy (non-hydrogen) atoms. The van der Waals surface area contributed by atoms with Crippen molar-refractivity contribution in [1.29, 1.82) is 0 Å². The van der Waals surface area contributed by atoms with E-state index in [2.05, 4.69) is 5.32 Å². The first-order valence-electron chi connectivity index (χ1n) is 7.17. The fourth-order valence-electron chi connectivity index (χ4n) is 2.65. The van der Waals surface area contributed by atoms with Crippen LogP contribution in [0, 0.1) is 6.92 Å². The number of benzene rings is 2. The van der Waals surface area contributed by atoms with E-state index in [0.29, 0.717) is 9.80 Å². The standard InChI is InChI=1S/C18H17NO2S/c1-12-7-3-5-9-15(12)13(2)19-18(20)17-11-14-8-4-6-10-16(14)22(17)21/h3-11,13H,1-2H3,(H,19,20). The van der Waals surface area contributed by atoms with E-state index in [9.17, 15) is 9.00 Å². The molecule has 0 saturated heterocycles. The number of amides is 1. The first-order chi connectivity index (χ1) is 10.6. The van der Waals surface area contributed by atoms with Gasteiger partial charge in [0.15, 0.2) is 0 Å². The highest BCUT2D eigenvalue weighted by atomic mass is 32.2. The number of hydrogen-bond acceptors (Lipinski definition) is 2. The Kier molecular flexibility index (Phi) is 3.94. The Morgan fingerprint density at radius 3 is 2.50 bits per heavy atom. The van der Waals surface area contributed by atoms with Crippen molar-refractivity contribution in [1.82, 2.24) is 5.32 Å². The smallest absolute Gasteiger partial charge is 0.261 e. The van der Waals surface area contributed by atoms with E-state index in [4.69, 9.17) is 0 Å². The second-order valence-electron chi connectivity index (χ2n) is 5.37. The number of carbonyl (C=O) groups is 1. The lowest BCUT2D eigenvalue weighted by Gasteiger charge is -2.16. The quantitative estimate of drug-likeness (QED) is 0.945. The number of fused-ring (bicyclic) bond motifs is 1. The molecule has 0 aromatic heterocycles. The first kappa shape index (κ1) is 14.7. The lowest BCUT2D eigenvalue weighted by atomic mass is 10.0. The molecule has 0 radical (unpaired) electrons. The van der Waals surface area contributed by atoms with Crippen molar-refractivity contribution >= 4 is 22.8 Å². The lowest BCUT2D eigenvalue weighted by Crippen LogP contribution is -2.29. The Morgan fingerprint density at radius 2 is 1.77 bits per heavy atom. The number of nitrogens with one attached hydrogen (secondary N) is 1. The Hall–Kier alpha value is -2.20. The van der Waals surface area contributed by atoms with Crippen molar-refractivity contribution in [2.45, 2.75) is 24.8 Å². The predicted molar refractivity (Wildman–Crippen MR) is 88.6 cm³/mol. The summed E-state index contributed by atoms with van der Waals surface area (Å²) in [7, 11) is -1.39. The average Bonchev–Trinajstić information content (AvgIpc) is 2.85. The molecule has 0 aliphatic carbocycles. The van der Waals surface area contributed by atoms with Gasteiger partial charge in [-0.2, -0.15) is 0 Å². The summed E-state index contributed by atoms with van der Waals surface area (Å²) >= 11 is 0. The number of rotatable bonds is 3. The van der Waals surface area contributed by atoms with Gasteiger partial charge in [-0.25, -0.2) is 4.21 Å². The zero-order chi connectivity index (χ0) is 15.7. The number of carbonyl (C=O) groups excluding carboxylic acids is 1. The van der Waals surface area contributed by atoms with Crippen LogP contribution in [0.25, 0.3) is 6.08 Å². The Bertz CT molecular complexity index is 795. The van der Waals surface area contributed by atoms with Gasteiger partial charge in [0, 0.05) is 0 Å². The first-order valence-corrected chi connectivity index (χ1v) is 8.32. The molecule has 0 fully saturated rings. The summed E-state index contributed by atoms with van der Waals surface area (Å²) in [5.41, 5.74) is 3.05. The van der Waals surface area contributed by atoms with Crippen LogP contribution in [-0.2, 0) is 15.6 Å². The molecule has 1 N–H and O–H groups in total. The highest BCUT2D eigenvalue weighted by molar-refractivity contribution is 7.90. The third kappa shape index (κ3) is 2.62. The van der Waals surface area contributed by atoms with E-state index in [1.165, 1.54) is 0 Å². The van der Waals surface area contributed by atoms with Crippen molar-refractivity contribution in [3.8, 4) is 0 Å². The molecule has 1 aliphatic rings. The Labute approximate surface area is 132 Å². The van der Waals surface area contributed by atoms with Crippen LogP contribution < -0.4 is 5.32 Å². The molecule has 0 saturated carbocycles. The second kappa shape index (κ2) is 5.89. The van der Waals surface area contributed by atoms with Crippen LogP contribution in [0.15, 0.2) is 58.3 Å². The minimum Gasteiger partial charge on any atom is -0.345 e. The molecule has 0 spiro atoms. The SMILES string of the molecule is Cc1ccccc1C(C)NC(=O)C1=Cc2ccccc2S1=O. The largest absolute Gasteiger partial charge is 0.345 e. The van der Waals surface area contributed by atoms with Gasteiger partial charge in [0.1, 0.15) is 4.91 Å². The van der Waals surface area contributed by atoms with Crippen molar-refractivity contribution in [2.24, 2.45) is 0 Å². The summed E-state index contributed by atoms with van der Waals surface area (Å²) in [5.74, 6) is -0.273. The Balaban J connectivity index is 1.79. The molecule has 1 amide bonds. The molecule has 2 unspecified atom stereocenters. The fraction of sp³-hybridized carbons (Fsp3) is 0.167. The van der Waals surface area contributed by atoms with E-state index in [1.807, 2.05) is 56.3 Å². The minimum absolute atomic E-state index is 0.129. The summed E-state index contributed by atoms with van der Waals surface area (Å²) < 4.78 is 12.4. The van der Waals surface area contributed by atoms with Gasteiger partial charge in [-0.3, -0.25) is 4.79 Å². The lowest BCUT2D eigenvalue weighted by molar-refractivity contribution is -0.117. The monoisotopic (exact) mass is 311 g/mol. The van der Waals surface area contributed by atoms with Crippen molar-refractivity contribution < 1.29 is 9.00 Å². The van der Waals surface area contributed by atoms with Gasteiger partial charge in [-0.05, 0) is 42.7 Å². The highest BCUT2D eigenvalue weighted by Gasteiger charge is 2.27. The van der Waals surface area contributed by atoms with Gasteiger partial charge >= 0.3 is 0 Å². The molecule has 4 heteroatoms. The molecule has 3 nitrogen and oxygen atoms in total. The second-order valence-corrected chi connectivity index (χ2v) is 6.78. The average molecular weight is 311 g/mol. The highest BCUT2D eigenvalue weighted by Crippen LogP contribution is 2.29. The van der Waals surface area contributed by atoms with Gasteiger partial charge < -0.3 is 5.32 Å². The van der Waals surface area contributed by atoms with Crippen molar-refractivity contribution in [2.75, 3.05) is 0 Å². The summed E-state index contributed by atoms with van der Waals surface area (Å²) in [4.78, 5) is 13.5. The van der Waals surface area contributed by atoms with Crippen LogP contribution >= 0.6 is 0 Å². The van der Waals surface area contributed by atoms with E-state index in [1.54, 1.807) is 12.1 Å². The summed E-state index contributed by atoms with van der Waals surface area (Å²) in [6.07, 6.45) is 1.71. The van der Waals surface area contributed by atoms with E-state index < -0.39 is 10.8 Å². The van der Waals surface area contributed by atoms with Gasteiger partial charge in [-0.1, -0.05) is 42.5 Å². The molecular weight excluding hydrogens is 294 g/mol. The third-order valence-corrected chi connectivity index (χ3v) is 5.31. The molecule has 1 aliphatic heterocycles. The molecule has 0 bridgehead atoms. The van der Waals surface area contributed by atoms with Crippen LogP contribution in [0.4, 0.5) is 0 Å². The van der Waals surface area contributed by atoms with Crippen molar-refractivity contribution in [3.63, 3.8) is 0 Å². The summed E-state index contributed by atoms with van der Waals surface area (Å²) in [6, 6.07) is 15.2. The van der Waals surface area contributed by atoms with Gasteiger partial charge in [0.2, 0.25) is 0 Å². The maximum atomic E-state index is 12.4. The molecule has 1 heterocycles. The predicted octanol–water partition coefficient (Wildman–Crippen LogP) is 3.33. The number of aryl methyl sites for hydroxylation is 1. The van der Waals surface area contributed by atoms with Crippen LogP contribution in [0.3, 0.4) is 0 Å². The molecule has 2 aromatic rings. The van der Waals surface area contributed by atoms with Crippen LogP contribution in [-0.4, -0.2) is 10.1 Å². The normalized spacial score (nSPS) is 17.5.